The highest BCUT2D eigenvalue weighted by Crippen LogP contribution is 2.26. The Morgan fingerprint density at radius 3 is 2.21 bits per heavy atom. The van der Waals surface area contributed by atoms with E-state index in [9.17, 15) is 9.59 Å². The third-order valence-corrected chi connectivity index (χ3v) is 4.52. The molecular formula is C23H29NO5. The average Bonchev–Trinajstić information content (AvgIpc) is 2.67. The predicted molar refractivity (Wildman–Crippen MR) is 113 cm³/mol. The van der Waals surface area contributed by atoms with Crippen LogP contribution in [0.15, 0.2) is 42.5 Å². The predicted octanol–water partition coefficient (Wildman–Crippen LogP) is 4.11. The lowest BCUT2D eigenvalue weighted by Crippen LogP contribution is -2.30. The standard InChI is InChI=1S/C23H29NO5/c1-15(22(26)24-18-10-8-17(9-11-18)23(2,3)4)29-21(25)13-16-7-12-19(27-5)14-20(16)28-6/h7-12,14-15H,13H2,1-6H3,(H,24,26). The number of ether oxygens (including phenoxy) is 3. The van der Waals surface area contributed by atoms with E-state index in [4.69, 9.17) is 14.2 Å². The highest BCUT2D eigenvalue weighted by atomic mass is 16.5. The lowest BCUT2D eigenvalue weighted by Gasteiger charge is -2.19. The maximum atomic E-state index is 12.4. The largest absolute Gasteiger partial charge is 0.497 e. The van der Waals surface area contributed by atoms with Gasteiger partial charge in [-0.25, -0.2) is 0 Å². The second-order valence-corrected chi connectivity index (χ2v) is 7.80. The molecule has 0 aliphatic heterocycles. The molecule has 2 aromatic carbocycles. The van der Waals surface area contributed by atoms with E-state index in [1.165, 1.54) is 12.7 Å². The van der Waals surface area contributed by atoms with Crippen molar-refractivity contribution in [2.24, 2.45) is 0 Å². The molecule has 0 bridgehead atoms. The van der Waals surface area contributed by atoms with Crippen LogP contribution in [-0.2, 0) is 26.2 Å². The van der Waals surface area contributed by atoms with Crippen molar-refractivity contribution in [1.82, 2.24) is 0 Å². The third-order valence-electron chi connectivity index (χ3n) is 4.52. The molecule has 1 amide bonds. The molecule has 156 valence electrons. The fourth-order valence-electron chi connectivity index (χ4n) is 2.74. The maximum Gasteiger partial charge on any atom is 0.311 e. The first-order valence-electron chi connectivity index (χ1n) is 9.46. The molecule has 0 saturated heterocycles. The van der Waals surface area contributed by atoms with Crippen LogP contribution in [0.3, 0.4) is 0 Å². The van der Waals surface area contributed by atoms with Crippen LogP contribution in [0, 0.1) is 0 Å². The summed E-state index contributed by atoms with van der Waals surface area (Å²) in [7, 11) is 3.07. The fraction of sp³-hybridized carbons (Fsp3) is 0.391. The summed E-state index contributed by atoms with van der Waals surface area (Å²) < 4.78 is 15.7. The van der Waals surface area contributed by atoms with Gasteiger partial charge >= 0.3 is 5.97 Å². The number of benzene rings is 2. The van der Waals surface area contributed by atoms with Crippen LogP contribution < -0.4 is 14.8 Å². The van der Waals surface area contributed by atoms with E-state index < -0.39 is 12.1 Å². The average molecular weight is 399 g/mol. The van der Waals surface area contributed by atoms with E-state index in [-0.39, 0.29) is 17.7 Å². The van der Waals surface area contributed by atoms with Gasteiger partial charge in [0.25, 0.3) is 5.91 Å². The monoisotopic (exact) mass is 399 g/mol. The summed E-state index contributed by atoms with van der Waals surface area (Å²) >= 11 is 0. The third kappa shape index (κ3) is 6.24. The first-order valence-corrected chi connectivity index (χ1v) is 9.46. The van der Waals surface area contributed by atoms with E-state index >= 15 is 0 Å². The van der Waals surface area contributed by atoms with E-state index in [1.807, 2.05) is 24.3 Å². The molecule has 1 N–H and O–H groups in total. The van der Waals surface area contributed by atoms with Gasteiger partial charge in [-0.3, -0.25) is 9.59 Å². The summed E-state index contributed by atoms with van der Waals surface area (Å²) in [5.41, 5.74) is 2.52. The van der Waals surface area contributed by atoms with Crippen LogP contribution in [-0.4, -0.2) is 32.2 Å². The Bertz CT molecular complexity index is 853. The van der Waals surface area contributed by atoms with E-state index in [2.05, 4.69) is 26.1 Å². The highest BCUT2D eigenvalue weighted by Gasteiger charge is 2.20. The van der Waals surface area contributed by atoms with Gasteiger partial charge in [0.2, 0.25) is 0 Å². The summed E-state index contributed by atoms with van der Waals surface area (Å²) in [6, 6.07) is 12.8. The minimum absolute atomic E-state index is 0.00886. The Labute approximate surface area is 172 Å². The first-order chi connectivity index (χ1) is 13.6. The number of methoxy groups -OCH3 is 2. The summed E-state index contributed by atoms with van der Waals surface area (Å²) in [5.74, 6) is 0.254. The van der Waals surface area contributed by atoms with Gasteiger partial charge in [-0.1, -0.05) is 39.0 Å². The molecule has 1 atom stereocenters. The summed E-state index contributed by atoms with van der Waals surface area (Å²) in [5, 5.41) is 2.77. The number of esters is 1. The first kappa shape index (κ1) is 22.3. The van der Waals surface area contributed by atoms with Crippen LogP contribution in [0.2, 0.25) is 0 Å². The molecular weight excluding hydrogens is 370 g/mol. The van der Waals surface area contributed by atoms with E-state index in [0.29, 0.717) is 22.7 Å². The minimum atomic E-state index is -0.922. The Morgan fingerprint density at radius 2 is 1.66 bits per heavy atom. The number of hydrogen-bond donors (Lipinski definition) is 1. The number of carbonyl (C=O) groups excluding carboxylic acids is 2. The van der Waals surface area contributed by atoms with Crippen molar-refractivity contribution in [3.63, 3.8) is 0 Å². The summed E-state index contributed by atoms with van der Waals surface area (Å²) in [6.45, 7) is 7.92. The van der Waals surface area contributed by atoms with Crippen LogP contribution >= 0.6 is 0 Å². The van der Waals surface area contributed by atoms with E-state index in [1.54, 1.807) is 32.2 Å². The molecule has 1 unspecified atom stereocenters. The zero-order chi connectivity index (χ0) is 21.6. The number of rotatable bonds is 7. The van der Waals surface area contributed by atoms with Gasteiger partial charge in [-0.2, -0.15) is 0 Å². The molecule has 0 aromatic heterocycles. The molecule has 0 saturated carbocycles. The number of hydrogen-bond acceptors (Lipinski definition) is 5. The van der Waals surface area contributed by atoms with Gasteiger partial charge in [0.1, 0.15) is 11.5 Å². The zero-order valence-corrected chi connectivity index (χ0v) is 17.9. The fourth-order valence-corrected chi connectivity index (χ4v) is 2.74. The Hall–Kier alpha value is -3.02. The van der Waals surface area contributed by atoms with Crippen molar-refractivity contribution in [3.05, 3.63) is 53.6 Å². The molecule has 6 heteroatoms. The molecule has 2 aromatic rings. The lowest BCUT2D eigenvalue weighted by molar-refractivity contribution is -0.152. The molecule has 0 fully saturated rings. The molecule has 0 heterocycles. The second-order valence-electron chi connectivity index (χ2n) is 7.80. The SMILES string of the molecule is COc1ccc(CC(=O)OC(C)C(=O)Nc2ccc(C(C)(C)C)cc2)c(OC)c1. The minimum Gasteiger partial charge on any atom is -0.497 e. The van der Waals surface area contributed by atoms with Crippen molar-refractivity contribution < 1.29 is 23.8 Å². The van der Waals surface area contributed by atoms with Crippen molar-refractivity contribution >= 4 is 17.6 Å². The van der Waals surface area contributed by atoms with Crippen molar-refractivity contribution in [1.29, 1.82) is 0 Å². The van der Waals surface area contributed by atoms with Gasteiger partial charge in [-0.05, 0) is 36.1 Å². The van der Waals surface area contributed by atoms with Crippen LogP contribution in [0.5, 0.6) is 11.5 Å². The molecule has 0 aliphatic carbocycles. The summed E-state index contributed by atoms with van der Waals surface area (Å²) in [4.78, 5) is 24.6. The molecule has 29 heavy (non-hydrogen) atoms. The van der Waals surface area contributed by atoms with Crippen LogP contribution in [0.1, 0.15) is 38.8 Å². The number of nitrogens with one attached hydrogen (secondary N) is 1. The Morgan fingerprint density at radius 1 is 1.00 bits per heavy atom. The number of carbonyl (C=O) groups is 2. The van der Waals surface area contributed by atoms with Crippen molar-refractivity contribution in [3.8, 4) is 11.5 Å². The Kier molecular flexibility index (Phi) is 7.26. The van der Waals surface area contributed by atoms with Gasteiger partial charge in [0.05, 0.1) is 20.6 Å². The van der Waals surface area contributed by atoms with Crippen LogP contribution in [0.4, 0.5) is 5.69 Å². The van der Waals surface area contributed by atoms with Crippen molar-refractivity contribution in [2.45, 2.75) is 45.6 Å². The van der Waals surface area contributed by atoms with Gasteiger partial charge in [-0.15, -0.1) is 0 Å². The van der Waals surface area contributed by atoms with E-state index in [0.717, 1.165) is 0 Å². The molecule has 0 aliphatic rings. The van der Waals surface area contributed by atoms with Crippen LogP contribution in [0.25, 0.3) is 0 Å². The quantitative estimate of drug-likeness (QED) is 0.709. The lowest BCUT2D eigenvalue weighted by atomic mass is 9.87. The van der Waals surface area contributed by atoms with Gasteiger partial charge in [0.15, 0.2) is 6.10 Å². The van der Waals surface area contributed by atoms with Crippen molar-refractivity contribution in [2.75, 3.05) is 19.5 Å². The summed E-state index contributed by atoms with van der Waals surface area (Å²) in [6.07, 6.45) is -0.931. The number of anilines is 1. The normalized spacial score (nSPS) is 12.1. The topological polar surface area (TPSA) is 73.9 Å². The molecule has 6 nitrogen and oxygen atoms in total. The number of amides is 1. The highest BCUT2D eigenvalue weighted by molar-refractivity contribution is 5.95. The second kappa shape index (κ2) is 9.45. The Balaban J connectivity index is 1.94. The van der Waals surface area contributed by atoms with Gasteiger partial charge in [0, 0.05) is 17.3 Å². The molecule has 0 radical (unpaired) electrons. The smallest absolute Gasteiger partial charge is 0.311 e. The van der Waals surface area contributed by atoms with Gasteiger partial charge < -0.3 is 19.5 Å². The molecule has 0 spiro atoms. The molecule has 2 rings (SSSR count). The zero-order valence-electron chi connectivity index (χ0n) is 17.9. The maximum absolute atomic E-state index is 12.4.